The number of fused-ring (bicyclic) bond motifs is 1. The van der Waals surface area contributed by atoms with E-state index < -0.39 is 0 Å². The molecule has 5 heteroatoms. The molecule has 0 spiro atoms. The number of carbonyl (C=O) groups is 1. The number of pyridine rings is 1. The van der Waals surface area contributed by atoms with Gasteiger partial charge in [0.25, 0.3) is 0 Å². The number of rotatable bonds is 4. The predicted octanol–water partition coefficient (Wildman–Crippen LogP) is 3.11. The SMILES string of the molecule is O=C1CC(Cn2ccnc2-c2ccc3cccnc3c2)CN1C1CC1. The van der Waals surface area contributed by atoms with Gasteiger partial charge >= 0.3 is 0 Å². The van der Waals surface area contributed by atoms with Crippen LogP contribution in [-0.2, 0) is 11.3 Å². The molecule has 1 saturated carbocycles. The summed E-state index contributed by atoms with van der Waals surface area (Å²) < 4.78 is 2.18. The van der Waals surface area contributed by atoms with Gasteiger partial charge in [-0.3, -0.25) is 9.78 Å². The van der Waals surface area contributed by atoms with Crippen molar-refractivity contribution >= 4 is 16.8 Å². The van der Waals surface area contributed by atoms with Gasteiger partial charge in [-0.15, -0.1) is 0 Å². The fraction of sp³-hybridized carbons (Fsp3) is 0.350. The van der Waals surface area contributed by atoms with E-state index in [0.29, 0.717) is 24.3 Å². The van der Waals surface area contributed by atoms with Crippen LogP contribution >= 0.6 is 0 Å². The Morgan fingerprint density at radius 3 is 2.92 bits per heavy atom. The molecule has 1 saturated heterocycles. The summed E-state index contributed by atoms with van der Waals surface area (Å²) in [6.45, 7) is 1.73. The largest absolute Gasteiger partial charge is 0.339 e. The number of likely N-dealkylation sites (tertiary alicyclic amines) is 1. The van der Waals surface area contributed by atoms with E-state index in [4.69, 9.17) is 0 Å². The highest BCUT2D eigenvalue weighted by atomic mass is 16.2. The Balaban J connectivity index is 1.40. The maximum atomic E-state index is 12.2. The van der Waals surface area contributed by atoms with Crippen LogP contribution in [-0.4, -0.2) is 37.9 Å². The summed E-state index contributed by atoms with van der Waals surface area (Å²) in [5.41, 5.74) is 2.05. The van der Waals surface area contributed by atoms with Crippen LogP contribution in [0.25, 0.3) is 22.3 Å². The number of imidazole rings is 1. The Hall–Kier alpha value is -2.69. The smallest absolute Gasteiger partial charge is 0.223 e. The van der Waals surface area contributed by atoms with Gasteiger partial charge in [0.1, 0.15) is 5.82 Å². The molecule has 1 unspecified atom stereocenters. The molecule has 1 aliphatic heterocycles. The minimum absolute atomic E-state index is 0.323. The Labute approximate surface area is 146 Å². The van der Waals surface area contributed by atoms with Crippen molar-refractivity contribution in [2.75, 3.05) is 6.54 Å². The van der Waals surface area contributed by atoms with Crippen LogP contribution in [0.1, 0.15) is 19.3 Å². The van der Waals surface area contributed by atoms with Crippen molar-refractivity contribution in [1.82, 2.24) is 19.4 Å². The van der Waals surface area contributed by atoms with Crippen molar-refractivity contribution < 1.29 is 4.79 Å². The second kappa shape index (κ2) is 5.69. The summed E-state index contributed by atoms with van der Waals surface area (Å²) in [5.74, 6) is 1.65. The van der Waals surface area contributed by atoms with Crippen molar-refractivity contribution in [3.63, 3.8) is 0 Å². The predicted molar refractivity (Wildman–Crippen MR) is 95.8 cm³/mol. The molecule has 126 valence electrons. The van der Waals surface area contributed by atoms with E-state index in [1.807, 2.05) is 24.7 Å². The molecule has 1 aromatic carbocycles. The average Bonchev–Trinajstić information content (AvgIpc) is 3.26. The highest BCUT2D eigenvalue weighted by Crippen LogP contribution is 2.33. The Kier molecular flexibility index (Phi) is 3.33. The maximum absolute atomic E-state index is 12.2. The summed E-state index contributed by atoms with van der Waals surface area (Å²) in [5, 5.41) is 1.13. The molecule has 0 bridgehead atoms. The third-order valence-corrected chi connectivity index (χ3v) is 5.26. The second-order valence-electron chi connectivity index (χ2n) is 7.16. The van der Waals surface area contributed by atoms with Gasteiger partial charge < -0.3 is 9.47 Å². The molecule has 5 nitrogen and oxygen atoms in total. The van der Waals surface area contributed by atoms with E-state index in [1.54, 1.807) is 0 Å². The number of hydrogen-bond acceptors (Lipinski definition) is 3. The van der Waals surface area contributed by atoms with Crippen LogP contribution in [0.3, 0.4) is 0 Å². The van der Waals surface area contributed by atoms with E-state index in [2.05, 4.69) is 43.7 Å². The zero-order chi connectivity index (χ0) is 16.8. The van der Waals surface area contributed by atoms with Crippen molar-refractivity contribution in [1.29, 1.82) is 0 Å². The molecule has 0 N–H and O–H groups in total. The summed E-state index contributed by atoms with van der Waals surface area (Å²) in [4.78, 5) is 23.3. The Morgan fingerprint density at radius 1 is 1.12 bits per heavy atom. The Bertz CT molecular complexity index is 944. The van der Waals surface area contributed by atoms with Gasteiger partial charge in [0.2, 0.25) is 5.91 Å². The number of hydrogen-bond donors (Lipinski definition) is 0. The van der Waals surface area contributed by atoms with E-state index in [1.165, 1.54) is 12.8 Å². The summed E-state index contributed by atoms with van der Waals surface area (Å²) in [6.07, 6.45) is 8.69. The fourth-order valence-electron chi connectivity index (χ4n) is 3.87. The number of carbonyl (C=O) groups excluding carboxylic acids is 1. The molecule has 3 aromatic rings. The van der Waals surface area contributed by atoms with Crippen LogP contribution in [0.4, 0.5) is 0 Å². The summed E-state index contributed by atoms with van der Waals surface area (Å²) in [7, 11) is 0. The first kappa shape index (κ1) is 14.6. The van der Waals surface area contributed by atoms with Gasteiger partial charge in [0.05, 0.1) is 5.52 Å². The van der Waals surface area contributed by atoms with E-state index in [-0.39, 0.29) is 0 Å². The lowest BCUT2D eigenvalue weighted by atomic mass is 10.1. The van der Waals surface area contributed by atoms with Gasteiger partial charge in [-0.25, -0.2) is 4.98 Å². The molecule has 2 aromatic heterocycles. The molecular formula is C20H20N4O. The first-order valence-corrected chi connectivity index (χ1v) is 8.94. The topological polar surface area (TPSA) is 51.0 Å². The highest BCUT2D eigenvalue weighted by molar-refractivity contribution is 5.83. The molecule has 1 atom stereocenters. The number of benzene rings is 1. The maximum Gasteiger partial charge on any atom is 0.223 e. The highest BCUT2D eigenvalue weighted by Gasteiger charge is 2.39. The molecular weight excluding hydrogens is 312 g/mol. The molecule has 2 fully saturated rings. The van der Waals surface area contributed by atoms with Gasteiger partial charge in [0, 0.05) is 61.0 Å². The van der Waals surface area contributed by atoms with E-state index in [9.17, 15) is 4.79 Å². The number of nitrogens with zero attached hydrogens (tertiary/aromatic N) is 4. The second-order valence-corrected chi connectivity index (χ2v) is 7.16. The van der Waals surface area contributed by atoms with E-state index >= 15 is 0 Å². The van der Waals surface area contributed by atoms with Crippen LogP contribution in [0.2, 0.25) is 0 Å². The van der Waals surface area contributed by atoms with Crippen LogP contribution in [0, 0.1) is 5.92 Å². The third kappa shape index (κ3) is 2.69. The van der Waals surface area contributed by atoms with Crippen molar-refractivity contribution in [3.05, 3.63) is 48.9 Å². The number of aromatic nitrogens is 3. The number of amides is 1. The van der Waals surface area contributed by atoms with Gasteiger partial charge in [-0.1, -0.05) is 18.2 Å². The lowest BCUT2D eigenvalue weighted by Crippen LogP contribution is -2.27. The summed E-state index contributed by atoms with van der Waals surface area (Å²) in [6, 6.07) is 10.8. The monoisotopic (exact) mass is 332 g/mol. The zero-order valence-corrected chi connectivity index (χ0v) is 14.0. The fourth-order valence-corrected chi connectivity index (χ4v) is 3.87. The molecule has 3 heterocycles. The molecule has 25 heavy (non-hydrogen) atoms. The van der Waals surface area contributed by atoms with Gasteiger partial charge in [-0.05, 0) is 25.0 Å². The van der Waals surface area contributed by atoms with Crippen LogP contribution in [0.5, 0.6) is 0 Å². The molecule has 1 amide bonds. The lowest BCUT2D eigenvalue weighted by molar-refractivity contribution is -0.128. The molecule has 5 rings (SSSR count). The third-order valence-electron chi connectivity index (χ3n) is 5.26. The van der Waals surface area contributed by atoms with Crippen molar-refractivity contribution in [2.24, 2.45) is 5.92 Å². The molecule has 1 aliphatic carbocycles. The average molecular weight is 332 g/mol. The first-order chi connectivity index (χ1) is 12.3. The Morgan fingerprint density at radius 2 is 2.04 bits per heavy atom. The van der Waals surface area contributed by atoms with Crippen molar-refractivity contribution in [3.8, 4) is 11.4 Å². The van der Waals surface area contributed by atoms with E-state index in [0.717, 1.165) is 35.4 Å². The minimum Gasteiger partial charge on any atom is -0.339 e. The molecule has 0 radical (unpaired) electrons. The van der Waals surface area contributed by atoms with Crippen LogP contribution in [0.15, 0.2) is 48.9 Å². The first-order valence-electron chi connectivity index (χ1n) is 8.94. The molecule has 2 aliphatic rings. The van der Waals surface area contributed by atoms with Gasteiger partial charge in [-0.2, -0.15) is 0 Å². The van der Waals surface area contributed by atoms with Gasteiger partial charge in [0.15, 0.2) is 0 Å². The minimum atomic E-state index is 0.323. The quantitative estimate of drug-likeness (QED) is 0.738. The normalized spacial score (nSPS) is 20.6. The van der Waals surface area contributed by atoms with Crippen molar-refractivity contribution in [2.45, 2.75) is 31.8 Å². The standard InChI is InChI=1S/C20H20N4O/c25-19-10-14(13-24(19)17-5-6-17)12-23-9-8-22-20(23)16-4-3-15-2-1-7-21-18(15)11-16/h1-4,7-9,11,14,17H,5-6,10,12-13H2. The lowest BCUT2D eigenvalue weighted by Gasteiger charge is -2.16. The van der Waals surface area contributed by atoms with Crippen LogP contribution < -0.4 is 0 Å². The zero-order valence-electron chi connectivity index (χ0n) is 14.0. The summed E-state index contributed by atoms with van der Waals surface area (Å²) >= 11 is 0.